The van der Waals surface area contributed by atoms with E-state index in [0.717, 1.165) is 5.75 Å². The quantitative estimate of drug-likeness (QED) is 0.496. The maximum absolute atomic E-state index is 5.49. The SMILES string of the molecule is C[S+](C)CC(C)(C)NCl. The highest BCUT2D eigenvalue weighted by Gasteiger charge is 2.22. The van der Waals surface area contributed by atoms with Crippen LogP contribution in [0.1, 0.15) is 13.8 Å². The summed E-state index contributed by atoms with van der Waals surface area (Å²) in [6, 6.07) is 0. The minimum absolute atomic E-state index is 0.0914. The molecule has 1 nitrogen and oxygen atoms in total. The van der Waals surface area contributed by atoms with Crippen LogP contribution in [0.15, 0.2) is 0 Å². The van der Waals surface area contributed by atoms with Gasteiger partial charge in [0.25, 0.3) is 0 Å². The molecular weight excluding hydrogens is 154 g/mol. The molecule has 9 heavy (non-hydrogen) atoms. The Hall–Kier alpha value is 0.600. The first-order valence-electron chi connectivity index (χ1n) is 2.90. The maximum atomic E-state index is 5.49. The molecule has 0 aliphatic carbocycles. The zero-order valence-corrected chi connectivity index (χ0v) is 8.07. The summed E-state index contributed by atoms with van der Waals surface area (Å²) in [5.41, 5.74) is 0.0914. The topological polar surface area (TPSA) is 12.0 Å². The summed E-state index contributed by atoms with van der Waals surface area (Å²) < 4.78 is 0. The third kappa shape index (κ3) is 5.07. The molecule has 0 saturated heterocycles. The van der Waals surface area contributed by atoms with Gasteiger partial charge in [0.05, 0.1) is 18.1 Å². The van der Waals surface area contributed by atoms with Crippen LogP contribution in [0.25, 0.3) is 0 Å². The lowest BCUT2D eigenvalue weighted by Crippen LogP contribution is -2.39. The number of hydrogen-bond acceptors (Lipinski definition) is 1. The molecule has 0 aromatic heterocycles. The molecule has 0 spiro atoms. The van der Waals surface area contributed by atoms with E-state index in [0.29, 0.717) is 10.9 Å². The van der Waals surface area contributed by atoms with E-state index in [2.05, 4.69) is 31.2 Å². The summed E-state index contributed by atoms with van der Waals surface area (Å²) in [7, 11) is 0.468. The van der Waals surface area contributed by atoms with Gasteiger partial charge in [0.2, 0.25) is 0 Å². The molecule has 0 aromatic rings. The summed E-state index contributed by atoms with van der Waals surface area (Å²) in [5, 5.41) is 0. The molecule has 0 aromatic carbocycles. The standard InChI is InChI=1S/C6H15ClNS/c1-6(2,8-7)5-9(3)4/h8H,5H2,1-4H3/q+1. The highest BCUT2D eigenvalue weighted by atomic mass is 35.5. The van der Waals surface area contributed by atoms with Crippen molar-refractivity contribution in [2.24, 2.45) is 0 Å². The summed E-state index contributed by atoms with van der Waals surface area (Å²) in [5.74, 6) is 1.14. The van der Waals surface area contributed by atoms with Gasteiger partial charge >= 0.3 is 0 Å². The second-order valence-corrected chi connectivity index (χ2v) is 5.56. The van der Waals surface area contributed by atoms with Crippen molar-refractivity contribution in [3.8, 4) is 0 Å². The second kappa shape index (κ2) is 3.69. The smallest absolute Gasteiger partial charge is 0.126 e. The molecule has 0 aliphatic heterocycles. The zero-order valence-electron chi connectivity index (χ0n) is 6.49. The Bertz CT molecular complexity index is 83.1. The molecule has 0 radical (unpaired) electrons. The molecule has 0 heterocycles. The molecule has 56 valence electrons. The van der Waals surface area contributed by atoms with Crippen LogP contribution in [0.2, 0.25) is 0 Å². The molecule has 0 saturated carbocycles. The lowest BCUT2D eigenvalue weighted by atomic mass is 10.1. The van der Waals surface area contributed by atoms with Gasteiger partial charge in [-0.15, -0.1) is 0 Å². The fraction of sp³-hybridized carbons (Fsp3) is 1.00. The fourth-order valence-electron chi connectivity index (χ4n) is 0.749. The van der Waals surface area contributed by atoms with Crippen molar-refractivity contribution < 1.29 is 0 Å². The predicted octanol–water partition coefficient (Wildman–Crippen LogP) is 1.39. The van der Waals surface area contributed by atoms with Crippen molar-refractivity contribution in [1.82, 2.24) is 4.84 Å². The summed E-state index contributed by atoms with van der Waals surface area (Å²) in [6.07, 6.45) is 4.44. The van der Waals surface area contributed by atoms with Crippen molar-refractivity contribution in [3.05, 3.63) is 0 Å². The van der Waals surface area contributed by atoms with Crippen LogP contribution < -0.4 is 4.84 Å². The molecule has 0 rings (SSSR count). The van der Waals surface area contributed by atoms with E-state index in [-0.39, 0.29) is 5.54 Å². The summed E-state index contributed by atoms with van der Waals surface area (Å²) in [6.45, 7) is 4.21. The van der Waals surface area contributed by atoms with Crippen molar-refractivity contribution >= 4 is 22.7 Å². The van der Waals surface area contributed by atoms with Gasteiger partial charge in [0.1, 0.15) is 5.75 Å². The van der Waals surface area contributed by atoms with Crippen LogP contribution in [-0.4, -0.2) is 23.8 Å². The van der Waals surface area contributed by atoms with Crippen LogP contribution in [0.3, 0.4) is 0 Å². The van der Waals surface area contributed by atoms with Crippen LogP contribution in [0.5, 0.6) is 0 Å². The van der Waals surface area contributed by atoms with E-state index < -0.39 is 0 Å². The van der Waals surface area contributed by atoms with Crippen molar-refractivity contribution in [2.75, 3.05) is 18.3 Å². The normalized spacial score (nSPS) is 12.7. The minimum Gasteiger partial charge on any atom is -0.223 e. The van der Waals surface area contributed by atoms with E-state index in [1.54, 1.807) is 0 Å². The fourth-order valence-corrected chi connectivity index (χ4v) is 2.41. The molecule has 3 heteroatoms. The van der Waals surface area contributed by atoms with E-state index in [1.165, 1.54) is 0 Å². The van der Waals surface area contributed by atoms with Gasteiger partial charge in [0.15, 0.2) is 0 Å². The van der Waals surface area contributed by atoms with E-state index in [1.807, 2.05) is 0 Å². The highest BCUT2D eigenvalue weighted by Crippen LogP contribution is 2.06. The lowest BCUT2D eigenvalue weighted by molar-refractivity contribution is 0.537. The van der Waals surface area contributed by atoms with Crippen LogP contribution in [-0.2, 0) is 10.9 Å². The van der Waals surface area contributed by atoms with Gasteiger partial charge in [0, 0.05) is 0 Å². The van der Waals surface area contributed by atoms with E-state index in [4.69, 9.17) is 11.8 Å². The zero-order chi connectivity index (χ0) is 7.49. The molecule has 0 atom stereocenters. The first-order valence-corrected chi connectivity index (χ1v) is 5.49. The van der Waals surface area contributed by atoms with E-state index in [9.17, 15) is 0 Å². The van der Waals surface area contributed by atoms with Gasteiger partial charge in [-0.3, -0.25) is 0 Å². The molecule has 0 fully saturated rings. The molecule has 0 amide bonds. The van der Waals surface area contributed by atoms with Gasteiger partial charge in [-0.1, -0.05) is 0 Å². The van der Waals surface area contributed by atoms with Crippen molar-refractivity contribution in [2.45, 2.75) is 19.4 Å². The number of rotatable bonds is 3. The largest absolute Gasteiger partial charge is 0.223 e. The Labute approximate surface area is 65.6 Å². The van der Waals surface area contributed by atoms with Crippen LogP contribution in [0.4, 0.5) is 0 Å². The Morgan fingerprint density at radius 1 is 1.44 bits per heavy atom. The Morgan fingerprint density at radius 3 is 2.00 bits per heavy atom. The van der Waals surface area contributed by atoms with Crippen molar-refractivity contribution in [1.29, 1.82) is 0 Å². The Kier molecular flexibility index (Phi) is 3.94. The van der Waals surface area contributed by atoms with Crippen LogP contribution in [0, 0.1) is 0 Å². The minimum atomic E-state index is 0.0914. The summed E-state index contributed by atoms with van der Waals surface area (Å²) in [4.78, 5) is 2.75. The predicted molar refractivity (Wildman–Crippen MR) is 47.1 cm³/mol. The number of hydrogen-bond donors (Lipinski definition) is 1. The molecule has 1 N–H and O–H groups in total. The highest BCUT2D eigenvalue weighted by molar-refractivity contribution is 7.95. The molecular formula is C6H15ClNS+. The average molecular weight is 169 g/mol. The summed E-state index contributed by atoms with van der Waals surface area (Å²) >= 11 is 5.49. The van der Waals surface area contributed by atoms with Crippen molar-refractivity contribution in [3.63, 3.8) is 0 Å². The number of halogens is 1. The van der Waals surface area contributed by atoms with Gasteiger partial charge in [-0.25, -0.2) is 4.84 Å². The monoisotopic (exact) mass is 168 g/mol. The maximum Gasteiger partial charge on any atom is 0.126 e. The van der Waals surface area contributed by atoms with E-state index >= 15 is 0 Å². The van der Waals surface area contributed by atoms with Crippen LogP contribution >= 0.6 is 11.8 Å². The van der Waals surface area contributed by atoms with Gasteiger partial charge < -0.3 is 0 Å². The Balaban J connectivity index is 3.58. The third-order valence-electron chi connectivity index (χ3n) is 0.905. The average Bonchev–Trinajstić information content (AvgIpc) is 1.63. The first-order chi connectivity index (χ1) is 3.98. The number of nitrogens with one attached hydrogen (secondary N) is 1. The lowest BCUT2D eigenvalue weighted by Gasteiger charge is -2.18. The molecule has 0 aliphatic rings. The third-order valence-corrected chi connectivity index (χ3v) is 2.72. The Morgan fingerprint density at radius 2 is 1.89 bits per heavy atom. The molecule has 0 unspecified atom stereocenters. The van der Waals surface area contributed by atoms with Gasteiger partial charge in [-0.05, 0) is 36.5 Å². The second-order valence-electron chi connectivity index (χ2n) is 3.11. The van der Waals surface area contributed by atoms with Gasteiger partial charge in [-0.2, -0.15) is 0 Å². The molecule has 0 bridgehead atoms. The first kappa shape index (κ1) is 9.60.